The van der Waals surface area contributed by atoms with Crippen molar-refractivity contribution in [1.82, 2.24) is 9.55 Å². The quantitative estimate of drug-likeness (QED) is 0.758. The number of carbonyl (C=O) groups is 1. The van der Waals surface area contributed by atoms with Crippen LogP contribution in [0.2, 0.25) is 0 Å². The number of aromatic amines is 1. The molecule has 2 heterocycles. The highest BCUT2D eigenvalue weighted by Crippen LogP contribution is 2.21. The Balaban J connectivity index is 1.79. The minimum absolute atomic E-state index is 0.236. The van der Waals surface area contributed by atoms with Crippen LogP contribution in [-0.4, -0.2) is 29.2 Å². The molecular formula is C17H17N3O3. The lowest BCUT2D eigenvalue weighted by atomic mass is 10.2. The van der Waals surface area contributed by atoms with Crippen molar-refractivity contribution in [2.75, 3.05) is 19.0 Å². The fourth-order valence-electron chi connectivity index (χ4n) is 2.42. The third-order valence-corrected chi connectivity index (χ3v) is 3.61. The highest BCUT2D eigenvalue weighted by Gasteiger charge is 2.07. The number of benzene rings is 1. The number of amides is 1. The van der Waals surface area contributed by atoms with Gasteiger partial charge in [-0.25, -0.2) is 0 Å². The Morgan fingerprint density at radius 3 is 2.87 bits per heavy atom. The molecule has 118 valence electrons. The van der Waals surface area contributed by atoms with Crippen molar-refractivity contribution in [2.24, 2.45) is 0 Å². The van der Waals surface area contributed by atoms with E-state index in [0.29, 0.717) is 17.9 Å². The Bertz CT molecular complexity index is 875. The Morgan fingerprint density at radius 1 is 1.26 bits per heavy atom. The van der Waals surface area contributed by atoms with E-state index in [2.05, 4.69) is 14.9 Å². The predicted molar refractivity (Wildman–Crippen MR) is 88.8 cm³/mol. The molecule has 3 rings (SSSR count). The number of anilines is 1. The molecule has 0 saturated heterocycles. The summed E-state index contributed by atoms with van der Waals surface area (Å²) in [5.41, 5.74) is 1.96. The van der Waals surface area contributed by atoms with Gasteiger partial charge in [-0.15, -0.1) is 0 Å². The maximum absolute atomic E-state index is 12.2. The van der Waals surface area contributed by atoms with Gasteiger partial charge in [-0.05, 0) is 30.3 Å². The maximum atomic E-state index is 12.2. The van der Waals surface area contributed by atoms with Crippen molar-refractivity contribution in [3.63, 3.8) is 0 Å². The first-order chi connectivity index (χ1) is 11.2. The molecule has 1 amide bonds. The zero-order valence-corrected chi connectivity index (χ0v) is 12.7. The summed E-state index contributed by atoms with van der Waals surface area (Å²) in [7, 11) is 1.68. The first-order valence-corrected chi connectivity index (χ1v) is 7.25. The summed E-state index contributed by atoms with van der Waals surface area (Å²) >= 11 is 0. The average Bonchev–Trinajstić information content (AvgIpc) is 2.95. The van der Waals surface area contributed by atoms with Gasteiger partial charge in [0.1, 0.15) is 0 Å². The van der Waals surface area contributed by atoms with E-state index in [9.17, 15) is 9.59 Å². The van der Waals surface area contributed by atoms with E-state index in [-0.39, 0.29) is 11.5 Å². The SMILES string of the molecule is COCCn1ccc2cc(NC(=O)c3ccc(=O)[nH]c3)ccc21. The topological polar surface area (TPSA) is 76.1 Å². The van der Waals surface area contributed by atoms with Crippen molar-refractivity contribution >= 4 is 22.5 Å². The smallest absolute Gasteiger partial charge is 0.257 e. The molecule has 0 unspecified atom stereocenters. The molecule has 0 fully saturated rings. The fraction of sp³-hybridized carbons (Fsp3) is 0.176. The number of nitrogens with one attached hydrogen (secondary N) is 2. The molecule has 6 nitrogen and oxygen atoms in total. The second kappa shape index (κ2) is 6.50. The third-order valence-electron chi connectivity index (χ3n) is 3.61. The van der Waals surface area contributed by atoms with Gasteiger partial charge in [-0.3, -0.25) is 9.59 Å². The predicted octanol–water partition coefficient (Wildman–Crippen LogP) is 2.23. The zero-order valence-electron chi connectivity index (χ0n) is 12.7. The van der Waals surface area contributed by atoms with Gasteiger partial charge in [0.05, 0.1) is 12.2 Å². The molecule has 0 aliphatic heterocycles. The molecule has 0 aliphatic rings. The van der Waals surface area contributed by atoms with Crippen LogP contribution < -0.4 is 10.9 Å². The van der Waals surface area contributed by atoms with Gasteiger partial charge in [0.2, 0.25) is 5.56 Å². The number of carbonyl (C=O) groups excluding carboxylic acids is 1. The van der Waals surface area contributed by atoms with Crippen molar-refractivity contribution in [3.8, 4) is 0 Å². The number of nitrogens with zero attached hydrogens (tertiary/aromatic N) is 1. The molecule has 0 saturated carbocycles. The lowest BCUT2D eigenvalue weighted by Crippen LogP contribution is -2.14. The fourth-order valence-corrected chi connectivity index (χ4v) is 2.42. The van der Waals surface area contributed by atoms with Crippen molar-refractivity contribution in [2.45, 2.75) is 6.54 Å². The van der Waals surface area contributed by atoms with E-state index in [1.807, 2.05) is 30.5 Å². The van der Waals surface area contributed by atoms with Crippen molar-refractivity contribution in [1.29, 1.82) is 0 Å². The molecule has 3 aromatic rings. The van der Waals surface area contributed by atoms with Gasteiger partial charge in [0.25, 0.3) is 5.91 Å². The maximum Gasteiger partial charge on any atom is 0.257 e. The van der Waals surface area contributed by atoms with E-state index in [1.54, 1.807) is 7.11 Å². The van der Waals surface area contributed by atoms with Crippen LogP contribution in [0.25, 0.3) is 10.9 Å². The molecule has 2 N–H and O–H groups in total. The van der Waals surface area contributed by atoms with Crippen LogP contribution in [-0.2, 0) is 11.3 Å². The van der Waals surface area contributed by atoms with Crippen LogP contribution in [0, 0.1) is 0 Å². The van der Waals surface area contributed by atoms with E-state index < -0.39 is 0 Å². The molecule has 0 radical (unpaired) electrons. The number of hydrogen-bond donors (Lipinski definition) is 2. The molecule has 23 heavy (non-hydrogen) atoms. The number of ether oxygens (including phenoxy) is 1. The largest absolute Gasteiger partial charge is 0.383 e. The Labute approximate surface area is 132 Å². The van der Waals surface area contributed by atoms with E-state index in [4.69, 9.17) is 4.74 Å². The van der Waals surface area contributed by atoms with E-state index >= 15 is 0 Å². The molecular weight excluding hydrogens is 294 g/mol. The number of pyridine rings is 1. The lowest BCUT2D eigenvalue weighted by molar-refractivity contribution is 0.102. The summed E-state index contributed by atoms with van der Waals surface area (Å²) in [4.78, 5) is 25.7. The highest BCUT2D eigenvalue weighted by atomic mass is 16.5. The Hall–Kier alpha value is -2.86. The first kappa shape index (κ1) is 15.1. The van der Waals surface area contributed by atoms with Crippen LogP contribution >= 0.6 is 0 Å². The number of hydrogen-bond acceptors (Lipinski definition) is 3. The van der Waals surface area contributed by atoms with Crippen molar-refractivity contribution in [3.05, 3.63) is 64.7 Å². The third kappa shape index (κ3) is 3.32. The average molecular weight is 311 g/mol. The Kier molecular flexibility index (Phi) is 4.25. The summed E-state index contributed by atoms with van der Waals surface area (Å²) in [5.74, 6) is -0.264. The molecule has 0 bridgehead atoms. The minimum atomic E-state index is -0.264. The van der Waals surface area contributed by atoms with Gasteiger partial charge >= 0.3 is 0 Å². The molecule has 1 aromatic carbocycles. The van der Waals surface area contributed by atoms with Gasteiger partial charge in [-0.1, -0.05) is 0 Å². The normalized spacial score (nSPS) is 10.8. The summed E-state index contributed by atoms with van der Waals surface area (Å²) in [6.07, 6.45) is 3.40. The summed E-state index contributed by atoms with van der Waals surface area (Å²) in [6.45, 7) is 1.43. The second-order valence-corrected chi connectivity index (χ2v) is 5.17. The van der Waals surface area contributed by atoms with Gasteiger partial charge < -0.3 is 19.6 Å². The summed E-state index contributed by atoms with van der Waals surface area (Å²) < 4.78 is 7.20. The number of H-pyrrole nitrogens is 1. The van der Waals surface area contributed by atoms with Crippen LogP contribution in [0.15, 0.2) is 53.6 Å². The van der Waals surface area contributed by atoms with Crippen molar-refractivity contribution < 1.29 is 9.53 Å². The van der Waals surface area contributed by atoms with E-state index in [1.165, 1.54) is 18.3 Å². The standard InChI is InChI=1S/C17H17N3O3/c1-23-9-8-20-7-6-12-10-14(3-4-15(12)20)19-17(22)13-2-5-16(21)18-11-13/h2-7,10-11H,8-9H2,1H3,(H,18,21)(H,19,22). The van der Waals surface area contributed by atoms with Crippen LogP contribution in [0.5, 0.6) is 0 Å². The minimum Gasteiger partial charge on any atom is -0.383 e. The number of methoxy groups -OCH3 is 1. The molecule has 2 aromatic heterocycles. The highest BCUT2D eigenvalue weighted by molar-refractivity contribution is 6.04. The van der Waals surface area contributed by atoms with E-state index in [0.717, 1.165) is 17.4 Å². The molecule has 0 atom stereocenters. The Morgan fingerprint density at radius 2 is 2.13 bits per heavy atom. The monoisotopic (exact) mass is 311 g/mol. The zero-order chi connectivity index (χ0) is 16.2. The molecule has 0 spiro atoms. The van der Waals surface area contributed by atoms with Gasteiger partial charge in [0.15, 0.2) is 0 Å². The molecule has 6 heteroatoms. The summed E-state index contributed by atoms with van der Waals surface area (Å²) in [6, 6.07) is 10.6. The second-order valence-electron chi connectivity index (χ2n) is 5.17. The van der Waals surface area contributed by atoms with Crippen LogP contribution in [0.4, 0.5) is 5.69 Å². The number of fused-ring (bicyclic) bond motifs is 1. The summed E-state index contributed by atoms with van der Waals surface area (Å²) in [5, 5.41) is 3.87. The number of rotatable bonds is 5. The van der Waals surface area contributed by atoms with Crippen LogP contribution in [0.1, 0.15) is 10.4 Å². The lowest BCUT2D eigenvalue weighted by Gasteiger charge is -2.07. The van der Waals surface area contributed by atoms with Gasteiger partial charge in [-0.2, -0.15) is 0 Å². The van der Waals surface area contributed by atoms with Crippen LogP contribution in [0.3, 0.4) is 0 Å². The molecule has 0 aliphatic carbocycles. The van der Waals surface area contributed by atoms with Gasteiger partial charge in [0, 0.05) is 48.7 Å². The first-order valence-electron chi connectivity index (χ1n) is 7.25. The number of aromatic nitrogens is 2.